The number of hydrogen-bond donors (Lipinski definition) is 0. The summed E-state index contributed by atoms with van der Waals surface area (Å²) >= 11 is 0. The van der Waals surface area contributed by atoms with Crippen LogP contribution in [0.15, 0.2) is 65.1 Å². The second-order valence-corrected chi connectivity index (χ2v) is 9.30. The number of fused-ring (bicyclic) bond motifs is 2. The van der Waals surface area contributed by atoms with Gasteiger partial charge >= 0.3 is 5.97 Å². The van der Waals surface area contributed by atoms with E-state index >= 15 is 0 Å². The molecule has 1 aromatic heterocycles. The van der Waals surface area contributed by atoms with Crippen molar-refractivity contribution in [2.45, 2.75) is 19.4 Å². The molecular formula is C28H29N3O4. The van der Waals surface area contributed by atoms with Crippen molar-refractivity contribution in [1.29, 1.82) is 0 Å². The zero-order valence-corrected chi connectivity index (χ0v) is 19.7. The van der Waals surface area contributed by atoms with Crippen LogP contribution in [0.5, 0.6) is 5.75 Å². The molecule has 2 aliphatic heterocycles. The second-order valence-electron chi connectivity index (χ2n) is 9.30. The van der Waals surface area contributed by atoms with Crippen molar-refractivity contribution in [2.75, 3.05) is 44.3 Å². The van der Waals surface area contributed by atoms with E-state index in [1.165, 1.54) is 0 Å². The Kier molecular flexibility index (Phi) is 6.10. The summed E-state index contributed by atoms with van der Waals surface area (Å²) in [5, 5.41) is 2.29. The van der Waals surface area contributed by atoms with E-state index in [4.69, 9.17) is 13.9 Å². The molecule has 6 rings (SSSR count). The molecule has 3 heterocycles. The van der Waals surface area contributed by atoms with E-state index in [1.54, 1.807) is 0 Å². The van der Waals surface area contributed by atoms with Crippen LogP contribution >= 0.6 is 0 Å². The van der Waals surface area contributed by atoms with Gasteiger partial charge in [0, 0.05) is 38.3 Å². The number of para-hydroxylation sites is 2. The molecule has 0 amide bonds. The van der Waals surface area contributed by atoms with Gasteiger partial charge < -0.3 is 18.8 Å². The molecule has 7 nitrogen and oxygen atoms in total. The molecule has 0 unspecified atom stereocenters. The number of rotatable bonds is 5. The van der Waals surface area contributed by atoms with Gasteiger partial charge in [-0.15, -0.1) is 0 Å². The van der Waals surface area contributed by atoms with Crippen molar-refractivity contribution >= 4 is 33.9 Å². The maximum Gasteiger partial charge on any atom is 0.314 e. The molecule has 0 bridgehead atoms. The smallest absolute Gasteiger partial charge is 0.314 e. The van der Waals surface area contributed by atoms with Gasteiger partial charge in [-0.25, -0.2) is 0 Å². The predicted molar refractivity (Wildman–Crippen MR) is 135 cm³/mol. The van der Waals surface area contributed by atoms with Crippen LogP contribution in [0, 0.1) is 5.92 Å². The molecular weight excluding hydrogens is 442 g/mol. The lowest BCUT2D eigenvalue weighted by Gasteiger charge is -2.30. The van der Waals surface area contributed by atoms with E-state index in [0.717, 1.165) is 60.3 Å². The topological polar surface area (TPSA) is 68.0 Å². The lowest BCUT2D eigenvalue weighted by atomic mass is 9.97. The van der Waals surface area contributed by atoms with Crippen molar-refractivity contribution in [2.24, 2.45) is 5.92 Å². The highest BCUT2D eigenvalue weighted by atomic mass is 16.5. The van der Waals surface area contributed by atoms with Crippen molar-refractivity contribution in [3.63, 3.8) is 0 Å². The van der Waals surface area contributed by atoms with Gasteiger partial charge in [0.25, 0.3) is 6.01 Å². The molecule has 2 aliphatic rings. The quantitative estimate of drug-likeness (QED) is 0.310. The zero-order chi connectivity index (χ0) is 23.6. The van der Waals surface area contributed by atoms with Crippen LogP contribution in [0.4, 0.5) is 6.01 Å². The first-order valence-corrected chi connectivity index (χ1v) is 12.4. The Balaban J connectivity index is 1.16. The van der Waals surface area contributed by atoms with E-state index in [1.807, 2.05) is 48.5 Å². The van der Waals surface area contributed by atoms with Crippen molar-refractivity contribution in [3.05, 3.63) is 66.2 Å². The summed E-state index contributed by atoms with van der Waals surface area (Å²) in [6.07, 6.45) is 1.42. The van der Waals surface area contributed by atoms with Gasteiger partial charge in [-0.05, 0) is 41.8 Å². The third-order valence-corrected chi connectivity index (χ3v) is 7.07. The summed E-state index contributed by atoms with van der Waals surface area (Å²) in [6, 6.07) is 20.7. The first-order valence-electron chi connectivity index (χ1n) is 12.4. The van der Waals surface area contributed by atoms with E-state index in [0.29, 0.717) is 37.7 Å². The van der Waals surface area contributed by atoms with E-state index in [9.17, 15) is 4.79 Å². The third-order valence-electron chi connectivity index (χ3n) is 7.07. The Labute approximate surface area is 204 Å². The number of piperidine rings is 1. The van der Waals surface area contributed by atoms with Gasteiger partial charge in [-0.2, -0.15) is 4.98 Å². The van der Waals surface area contributed by atoms with Gasteiger partial charge in [0.15, 0.2) is 5.58 Å². The molecule has 180 valence electrons. The standard InChI is InChI=1S/C28H29N3O4/c32-27(21-11-13-31(14-12-21)28-29-24-7-3-4-8-26(24)35-28)34-25-10-9-20-5-1-2-6-22(20)23(25)19-30-15-17-33-18-16-30/h1-10,21H,11-19H2. The normalized spacial score (nSPS) is 17.8. The fourth-order valence-electron chi connectivity index (χ4n) is 5.05. The van der Waals surface area contributed by atoms with Crippen LogP contribution in [-0.4, -0.2) is 55.2 Å². The number of aromatic nitrogens is 1. The first-order chi connectivity index (χ1) is 17.2. The fourth-order valence-corrected chi connectivity index (χ4v) is 5.05. The monoisotopic (exact) mass is 471 g/mol. The zero-order valence-electron chi connectivity index (χ0n) is 19.7. The summed E-state index contributed by atoms with van der Waals surface area (Å²) in [5.41, 5.74) is 2.71. The molecule has 7 heteroatoms. The molecule has 0 atom stereocenters. The average molecular weight is 472 g/mol. The Morgan fingerprint density at radius 2 is 1.71 bits per heavy atom. The average Bonchev–Trinajstić information content (AvgIpc) is 3.35. The maximum absolute atomic E-state index is 13.2. The minimum absolute atomic E-state index is 0.140. The van der Waals surface area contributed by atoms with Crippen LogP contribution in [0.25, 0.3) is 21.9 Å². The van der Waals surface area contributed by atoms with Crippen molar-refractivity contribution in [1.82, 2.24) is 9.88 Å². The van der Waals surface area contributed by atoms with Crippen molar-refractivity contribution in [3.8, 4) is 5.75 Å². The number of anilines is 1. The highest BCUT2D eigenvalue weighted by Crippen LogP contribution is 2.32. The molecule has 0 spiro atoms. The van der Waals surface area contributed by atoms with Gasteiger partial charge in [-0.1, -0.05) is 42.5 Å². The second kappa shape index (κ2) is 9.68. The lowest BCUT2D eigenvalue weighted by molar-refractivity contribution is -0.139. The molecule has 4 aromatic rings. The number of ether oxygens (including phenoxy) is 2. The lowest BCUT2D eigenvalue weighted by Crippen LogP contribution is -2.38. The van der Waals surface area contributed by atoms with Gasteiger partial charge in [0.05, 0.1) is 19.1 Å². The molecule has 2 fully saturated rings. The molecule has 2 saturated heterocycles. The summed E-state index contributed by atoms with van der Waals surface area (Å²) < 4.78 is 17.5. The van der Waals surface area contributed by atoms with E-state index in [2.05, 4.69) is 26.9 Å². The van der Waals surface area contributed by atoms with Crippen LogP contribution in [0.2, 0.25) is 0 Å². The number of hydrogen-bond acceptors (Lipinski definition) is 7. The maximum atomic E-state index is 13.2. The Bertz CT molecular complexity index is 1300. The Morgan fingerprint density at radius 3 is 2.54 bits per heavy atom. The first kappa shape index (κ1) is 22.1. The van der Waals surface area contributed by atoms with Crippen LogP contribution in [0.1, 0.15) is 18.4 Å². The fraction of sp³-hybridized carbons (Fsp3) is 0.357. The SMILES string of the molecule is O=C(Oc1ccc2ccccc2c1CN1CCOCC1)C1CCN(c2nc3ccccc3o2)CC1. The predicted octanol–water partition coefficient (Wildman–Crippen LogP) is 4.64. The van der Waals surface area contributed by atoms with Crippen molar-refractivity contribution < 1.29 is 18.7 Å². The number of esters is 1. The minimum atomic E-state index is -0.152. The van der Waals surface area contributed by atoms with Crippen LogP contribution in [0.3, 0.4) is 0 Å². The molecule has 0 saturated carbocycles. The number of oxazole rings is 1. The number of morpholine rings is 1. The molecule has 3 aromatic carbocycles. The van der Waals surface area contributed by atoms with Gasteiger partial charge in [0.1, 0.15) is 11.3 Å². The van der Waals surface area contributed by atoms with Gasteiger partial charge in [0.2, 0.25) is 0 Å². The summed E-state index contributed by atoms with van der Waals surface area (Å²) in [7, 11) is 0. The Hall–Kier alpha value is -3.42. The van der Waals surface area contributed by atoms with Crippen LogP contribution in [-0.2, 0) is 16.1 Å². The summed E-state index contributed by atoms with van der Waals surface area (Å²) in [6.45, 7) is 5.40. The van der Waals surface area contributed by atoms with Gasteiger partial charge in [-0.3, -0.25) is 9.69 Å². The van der Waals surface area contributed by atoms with E-state index < -0.39 is 0 Å². The molecule has 0 radical (unpaired) electrons. The number of benzene rings is 3. The largest absolute Gasteiger partial charge is 0.426 e. The van der Waals surface area contributed by atoms with E-state index in [-0.39, 0.29) is 11.9 Å². The molecule has 0 aliphatic carbocycles. The highest BCUT2D eigenvalue weighted by Gasteiger charge is 2.29. The molecule has 35 heavy (non-hydrogen) atoms. The molecule has 0 N–H and O–H groups in total. The summed E-state index contributed by atoms with van der Waals surface area (Å²) in [4.78, 5) is 22.3. The Morgan fingerprint density at radius 1 is 0.943 bits per heavy atom. The minimum Gasteiger partial charge on any atom is -0.426 e. The number of carbonyl (C=O) groups is 1. The number of nitrogens with zero attached hydrogens (tertiary/aromatic N) is 3. The third kappa shape index (κ3) is 4.61. The van der Waals surface area contributed by atoms with Crippen LogP contribution < -0.4 is 9.64 Å². The highest BCUT2D eigenvalue weighted by molar-refractivity contribution is 5.89. The number of carbonyl (C=O) groups excluding carboxylic acids is 1. The summed E-state index contributed by atoms with van der Waals surface area (Å²) in [5.74, 6) is 0.376.